The standard InChI is InChI=1S/C19H24N6O3/c1-12(2)11-25-18(28)22-17(27)19(25)4-6-24(7-5-19)16(26)13-8-15-14(20-9-13)10-21-23(15)3/h8-10,12H,4-7,11H2,1-3H3,(H,22,27,28). The number of pyridine rings is 1. The average molecular weight is 384 g/mol. The average Bonchev–Trinajstić information content (AvgIpc) is 3.14. The van der Waals surface area contributed by atoms with Crippen LogP contribution >= 0.6 is 0 Å². The lowest BCUT2D eigenvalue weighted by Gasteiger charge is -2.42. The van der Waals surface area contributed by atoms with Crippen LogP contribution in [0.25, 0.3) is 11.0 Å². The number of carbonyl (C=O) groups is 3. The fourth-order valence-electron chi connectivity index (χ4n) is 4.12. The minimum absolute atomic E-state index is 0.120. The second kappa shape index (κ2) is 6.57. The van der Waals surface area contributed by atoms with Crippen molar-refractivity contribution < 1.29 is 14.4 Å². The van der Waals surface area contributed by atoms with Crippen LogP contribution in [0.2, 0.25) is 0 Å². The molecule has 2 saturated heterocycles. The number of fused-ring (bicyclic) bond motifs is 1. The van der Waals surface area contributed by atoms with E-state index < -0.39 is 5.54 Å². The quantitative estimate of drug-likeness (QED) is 0.800. The molecule has 0 atom stereocenters. The Balaban J connectivity index is 1.52. The van der Waals surface area contributed by atoms with E-state index in [1.54, 1.807) is 32.9 Å². The summed E-state index contributed by atoms with van der Waals surface area (Å²) in [6, 6.07) is 1.46. The summed E-state index contributed by atoms with van der Waals surface area (Å²) in [5.41, 5.74) is 1.19. The van der Waals surface area contributed by atoms with E-state index in [-0.39, 0.29) is 23.8 Å². The van der Waals surface area contributed by atoms with Crippen molar-refractivity contribution in [2.45, 2.75) is 32.2 Å². The molecule has 1 N–H and O–H groups in total. The van der Waals surface area contributed by atoms with E-state index in [2.05, 4.69) is 15.4 Å². The van der Waals surface area contributed by atoms with Gasteiger partial charge in [-0.25, -0.2) is 4.79 Å². The zero-order valence-corrected chi connectivity index (χ0v) is 16.3. The molecular weight excluding hydrogens is 360 g/mol. The first-order valence-corrected chi connectivity index (χ1v) is 9.52. The van der Waals surface area contributed by atoms with E-state index >= 15 is 0 Å². The molecule has 0 aliphatic carbocycles. The lowest BCUT2D eigenvalue weighted by molar-refractivity contribution is -0.129. The molecule has 0 unspecified atom stereocenters. The molecule has 2 aromatic heterocycles. The highest BCUT2D eigenvalue weighted by molar-refractivity contribution is 6.07. The molecule has 1 spiro atoms. The van der Waals surface area contributed by atoms with Crippen LogP contribution in [-0.4, -0.2) is 67.6 Å². The highest BCUT2D eigenvalue weighted by Gasteiger charge is 2.54. The van der Waals surface area contributed by atoms with E-state index in [4.69, 9.17) is 0 Å². The highest BCUT2D eigenvalue weighted by Crippen LogP contribution is 2.34. The number of aryl methyl sites for hydroxylation is 1. The van der Waals surface area contributed by atoms with Gasteiger partial charge in [0.2, 0.25) is 0 Å². The largest absolute Gasteiger partial charge is 0.338 e. The number of hydrogen-bond donors (Lipinski definition) is 1. The number of urea groups is 1. The van der Waals surface area contributed by atoms with Crippen LogP contribution in [0.5, 0.6) is 0 Å². The lowest BCUT2D eigenvalue weighted by atomic mass is 9.85. The Kier molecular flexibility index (Phi) is 4.32. The summed E-state index contributed by atoms with van der Waals surface area (Å²) in [4.78, 5) is 45.5. The summed E-state index contributed by atoms with van der Waals surface area (Å²) >= 11 is 0. The number of rotatable bonds is 3. The van der Waals surface area contributed by atoms with Crippen molar-refractivity contribution in [3.63, 3.8) is 0 Å². The van der Waals surface area contributed by atoms with Crippen LogP contribution in [0.4, 0.5) is 4.79 Å². The minimum atomic E-state index is -0.845. The second-order valence-corrected chi connectivity index (χ2v) is 7.98. The first kappa shape index (κ1) is 18.4. The molecule has 4 rings (SSSR count). The van der Waals surface area contributed by atoms with Gasteiger partial charge in [0.15, 0.2) is 0 Å². The highest BCUT2D eigenvalue weighted by atomic mass is 16.2. The second-order valence-electron chi connectivity index (χ2n) is 7.98. The molecule has 4 amide bonds. The normalized spacial score (nSPS) is 19.1. The van der Waals surface area contributed by atoms with Crippen molar-refractivity contribution in [3.05, 3.63) is 24.0 Å². The monoisotopic (exact) mass is 384 g/mol. The minimum Gasteiger partial charge on any atom is -0.338 e. The predicted octanol–water partition coefficient (Wildman–Crippen LogP) is 1.15. The van der Waals surface area contributed by atoms with Gasteiger partial charge >= 0.3 is 6.03 Å². The van der Waals surface area contributed by atoms with Gasteiger partial charge < -0.3 is 9.80 Å². The van der Waals surface area contributed by atoms with Gasteiger partial charge in [-0.15, -0.1) is 0 Å². The number of imide groups is 1. The molecule has 9 nitrogen and oxygen atoms in total. The Morgan fingerprint density at radius 3 is 2.64 bits per heavy atom. The van der Waals surface area contributed by atoms with Gasteiger partial charge in [0.05, 0.1) is 17.3 Å². The fourth-order valence-corrected chi connectivity index (χ4v) is 4.12. The third kappa shape index (κ3) is 2.81. The molecule has 0 bridgehead atoms. The molecule has 2 aromatic rings. The van der Waals surface area contributed by atoms with Crippen LogP contribution in [-0.2, 0) is 11.8 Å². The van der Waals surface area contributed by atoms with Gasteiger partial charge in [-0.05, 0) is 24.8 Å². The number of likely N-dealkylation sites (tertiary alicyclic amines) is 1. The van der Waals surface area contributed by atoms with Crippen molar-refractivity contribution in [1.82, 2.24) is 29.9 Å². The maximum Gasteiger partial charge on any atom is 0.325 e. The molecule has 0 saturated carbocycles. The van der Waals surface area contributed by atoms with Crippen LogP contribution < -0.4 is 5.32 Å². The van der Waals surface area contributed by atoms with Crippen molar-refractivity contribution in [2.75, 3.05) is 19.6 Å². The van der Waals surface area contributed by atoms with Crippen molar-refractivity contribution >= 4 is 28.9 Å². The van der Waals surface area contributed by atoms with Gasteiger partial charge in [-0.1, -0.05) is 13.8 Å². The Morgan fingerprint density at radius 1 is 1.25 bits per heavy atom. The van der Waals surface area contributed by atoms with E-state index in [9.17, 15) is 14.4 Å². The van der Waals surface area contributed by atoms with E-state index in [0.29, 0.717) is 38.0 Å². The van der Waals surface area contributed by atoms with E-state index in [0.717, 1.165) is 11.0 Å². The first-order valence-electron chi connectivity index (χ1n) is 9.52. The number of piperidine rings is 1. The summed E-state index contributed by atoms with van der Waals surface area (Å²) in [6.07, 6.45) is 4.09. The van der Waals surface area contributed by atoms with Crippen LogP contribution in [0, 0.1) is 5.92 Å². The molecule has 4 heterocycles. The third-order valence-corrected chi connectivity index (χ3v) is 5.68. The number of aromatic nitrogens is 3. The molecule has 2 aliphatic rings. The number of nitrogens with one attached hydrogen (secondary N) is 1. The molecule has 0 radical (unpaired) electrons. The van der Waals surface area contributed by atoms with E-state index in [1.807, 2.05) is 20.9 Å². The van der Waals surface area contributed by atoms with E-state index in [1.165, 1.54) is 0 Å². The Hall–Kier alpha value is -2.97. The molecular formula is C19H24N6O3. The summed E-state index contributed by atoms with van der Waals surface area (Å²) in [7, 11) is 1.81. The van der Waals surface area contributed by atoms with Gasteiger partial charge in [0, 0.05) is 32.9 Å². The SMILES string of the molecule is CC(C)CN1C(=O)NC(=O)C12CCN(C(=O)c1cnc3cnn(C)c3c1)CC2. The summed E-state index contributed by atoms with van der Waals surface area (Å²) in [6.45, 7) is 5.38. The number of amides is 4. The molecule has 2 aliphatic heterocycles. The van der Waals surface area contributed by atoms with Crippen molar-refractivity contribution in [1.29, 1.82) is 0 Å². The van der Waals surface area contributed by atoms with Gasteiger partial charge in [0.25, 0.3) is 11.8 Å². The Labute approximate surface area is 162 Å². The van der Waals surface area contributed by atoms with Crippen molar-refractivity contribution in [3.8, 4) is 0 Å². The Morgan fingerprint density at radius 2 is 1.96 bits per heavy atom. The third-order valence-electron chi connectivity index (χ3n) is 5.68. The number of hydrogen-bond acceptors (Lipinski definition) is 5. The molecule has 9 heteroatoms. The summed E-state index contributed by atoms with van der Waals surface area (Å²) < 4.78 is 1.68. The van der Waals surface area contributed by atoms with Gasteiger partial charge in [-0.2, -0.15) is 5.10 Å². The summed E-state index contributed by atoms with van der Waals surface area (Å²) in [5.74, 6) is -0.112. The first-order chi connectivity index (χ1) is 13.3. The van der Waals surface area contributed by atoms with Crippen LogP contribution in [0.1, 0.15) is 37.0 Å². The lowest BCUT2D eigenvalue weighted by Crippen LogP contribution is -2.58. The smallest absolute Gasteiger partial charge is 0.325 e. The van der Waals surface area contributed by atoms with Gasteiger partial charge in [0.1, 0.15) is 11.1 Å². The molecule has 0 aromatic carbocycles. The number of carbonyl (C=O) groups excluding carboxylic acids is 3. The van der Waals surface area contributed by atoms with Crippen LogP contribution in [0.15, 0.2) is 18.5 Å². The zero-order chi connectivity index (χ0) is 20.1. The predicted molar refractivity (Wildman–Crippen MR) is 101 cm³/mol. The molecule has 28 heavy (non-hydrogen) atoms. The van der Waals surface area contributed by atoms with Crippen molar-refractivity contribution in [2.24, 2.45) is 13.0 Å². The molecule has 2 fully saturated rings. The Bertz CT molecular complexity index is 958. The maximum absolute atomic E-state index is 13.0. The maximum atomic E-state index is 13.0. The topological polar surface area (TPSA) is 100 Å². The molecule has 148 valence electrons. The van der Waals surface area contributed by atoms with Crippen LogP contribution in [0.3, 0.4) is 0 Å². The number of nitrogens with zero attached hydrogens (tertiary/aromatic N) is 5. The van der Waals surface area contributed by atoms with Gasteiger partial charge in [-0.3, -0.25) is 24.6 Å². The fraction of sp³-hybridized carbons (Fsp3) is 0.526. The summed E-state index contributed by atoms with van der Waals surface area (Å²) in [5, 5.41) is 6.61. The zero-order valence-electron chi connectivity index (χ0n) is 16.3.